The van der Waals surface area contributed by atoms with E-state index in [2.05, 4.69) is 0 Å². The van der Waals surface area contributed by atoms with Crippen molar-refractivity contribution < 1.29 is 13.6 Å². The van der Waals surface area contributed by atoms with Gasteiger partial charge in [0.25, 0.3) is 5.91 Å². The summed E-state index contributed by atoms with van der Waals surface area (Å²) in [7, 11) is 0. The molecular weight excluding hydrogens is 200 g/mol. The van der Waals surface area contributed by atoms with Crippen molar-refractivity contribution in [3.05, 3.63) is 35.4 Å². The largest absolute Gasteiger partial charge is 0.333 e. The lowest BCUT2D eigenvalue weighted by Gasteiger charge is -2.28. The van der Waals surface area contributed by atoms with Gasteiger partial charge in [0.1, 0.15) is 0 Å². The molecule has 0 radical (unpaired) electrons. The standard InChI is InChI=1S/C11H11F2NO/c12-10(13)11(15)14-6-5-8-3-1-2-4-9(8)7-14/h1-4,10H,5-7H2. The van der Waals surface area contributed by atoms with Gasteiger partial charge in [-0.3, -0.25) is 4.79 Å². The summed E-state index contributed by atoms with van der Waals surface area (Å²) in [6, 6.07) is 7.62. The summed E-state index contributed by atoms with van der Waals surface area (Å²) in [4.78, 5) is 12.3. The Morgan fingerprint density at radius 3 is 2.60 bits per heavy atom. The second kappa shape index (κ2) is 3.96. The monoisotopic (exact) mass is 211 g/mol. The molecule has 80 valence electrons. The van der Waals surface area contributed by atoms with Crippen LogP contribution < -0.4 is 0 Å². The molecule has 1 aromatic carbocycles. The van der Waals surface area contributed by atoms with E-state index in [1.54, 1.807) is 0 Å². The normalized spacial score (nSPS) is 15.3. The highest BCUT2D eigenvalue weighted by molar-refractivity contribution is 5.79. The Hall–Kier alpha value is -1.45. The molecular formula is C11H11F2NO. The summed E-state index contributed by atoms with van der Waals surface area (Å²) < 4.78 is 24.4. The quantitative estimate of drug-likeness (QED) is 0.694. The number of nitrogens with zero attached hydrogens (tertiary/aromatic N) is 1. The number of benzene rings is 1. The fourth-order valence-electron chi connectivity index (χ4n) is 1.82. The zero-order valence-corrected chi connectivity index (χ0v) is 8.12. The Morgan fingerprint density at radius 1 is 1.27 bits per heavy atom. The van der Waals surface area contributed by atoms with Crippen LogP contribution in [-0.2, 0) is 17.8 Å². The van der Waals surface area contributed by atoms with E-state index < -0.39 is 12.3 Å². The molecule has 0 aliphatic carbocycles. The molecule has 0 fully saturated rings. The van der Waals surface area contributed by atoms with Crippen molar-refractivity contribution in [2.45, 2.75) is 19.4 Å². The van der Waals surface area contributed by atoms with Crippen LogP contribution >= 0.6 is 0 Å². The maximum atomic E-state index is 12.2. The third-order valence-corrected chi connectivity index (χ3v) is 2.63. The fraction of sp³-hybridized carbons (Fsp3) is 0.364. The Kier molecular flexibility index (Phi) is 2.66. The highest BCUT2D eigenvalue weighted by Gasteiger charge is 2.26. The number of carbonyl (C=O) groups excluding carboxylic acids is 1. The summed E-state index contributed by atoms with van der Waals surface area (Å²) in [5, 5.41) is 0. The molecule has 1 heterocycles. The van der Waals surface area contributed by atoms with Gasteiger partial charge in [-0.15, -0.1) is 0 Å². The van der Waals surface area contributed by atoms with Crippen LogP contribution in [-0.4, -0.2) is 23.8 Å². The number of hydrogen-bond donors (Lipinski definition) is 0. The lowest BCUT2D eigenvalue weighted by atomic mass is 10.00. The van der Waals surface area contributed by atoms with E-state index in [1.807, 2.05) is 24.3 Å². The Labute approximate surface area is 86.5 Å². The van der Waals surface area contributed by atoms with Crippen LogP contribution in [0.3, 0.4) is 0 Å². The molecule has 0 saturated heterocycles. The third kappa shape index (κ3) is 1.98. The summed E-state index contributed by atoms with van der Waals surface area (Å²) in [5.74, 6) is -1.07. The van der Waals surface area contributed by atoms with Crippen LogP contribution in [0.1, 0.15) is 11.1 Å². The molecule has 1 aliphatic heterocycles. The first-order valence-corrected chi connectivity index (χ1v) is 4.82. The van der Waals surface area contributed by atoms with E-state index >= 15 is 0 Å². The molecule has 1 aliphatic rings. The maximum absolute atomic E-state index is 12.2. The second-order valence-electron chi connectivity index (χ2n) is 3.58. The maximum Gasteiger partial charge on any atom is 0.315 e. The van der Waals surface area contributed by atoms with E-state index in [0.717, 1.165) is 11.1 Å². The van der Waals surface area contributed by atoms with Crippen molar-refractivity contribution in [1.29, 1.82) is 0 Å². The summed E-state index contributed by atoms with van der Waals surface area (Å²) >= 11 is 0. The van der Waals surface area contributed by atoms with E-state index in [1.165, 1.54) is 4.90 Å². The average molecular weight is 211 g/mol. The van der Waals surface area contributed by atoms with Gasteiger partial charge in [-0.05, 0) is 17.5 Å². The summed E-state index contributed by atoms with van der Waals surface area (Å²) in [5.41, 5.74) is 2.12. The van der Waals surface area contributed by atoms with E-state index in [0.29, 0.717) is 19.5 Å². The number of amides is 1. The first-order valence-electron chi connectivity index (χ1n) is 4.82. The molecule has 4 heteroatoms. The highest BCUT2D eigenvalue weighted by atomic mass is 19.3. The van der Waals surface area contributed by atoms with E-state index in [9.17, 15) is 13.6 Å². The molecule has 0 spiro atoms. The number of fused-ring (bicyclic) bond motifs is 1. The van der Waals surface area contributed by atoms with Gasteiger partial charge in [-0.1, -0.05) is 24.3 Å². The summed E-state index contributed by atoms with van der Waals surface area (Å²) in [6.45, 7) is 0.694. The predicted molar refractivity (Wildman–Crippen MR) is 51.6 cm³/mol. The number of hydrogen-bond acceptors (Lipinski definition) is 1. The molecule has 2 nitrogen and oxygen atoms in total. The highest BCUT2D eigenvalue weighted by Crippen LogP contribution is 2.19. The smallest absolute Gasteiger partial charge is 0.315 e. The lowest BCUT2D eigenvalue weighted by molar-refractivity contribution is -0.143. The van der Waals surface area contributed by atoms with Gasteiger partial charge in [0.15, 0.2) is 0 Å². The first-order chi connectivity index (χ1) is 7.18. The van der Waals surface area contributed by atoms with Gasteiger partial charge in [0.05, 0.1) is 0 Å². The topological polar surface area (TPSA) is 20.3 Å². The minimum absolute atomic E-state index is 0.305. The van der Waals surface area contributed by atoms with Gasteiger partial charge in [0.2, 0.25) is 0 Å². The zero-order valence-electron chi connectivity index (χ0n) is 8.12. The van der Waals surface area contributed by atoms with Crippen molar-refractivity contribution in [2.75, 3.05) is 6.54 Å². The van der Waals surface area contributed by atoms with Crippen LogP contribution in [0.25, 0.3) is 0 Å². The van der Waals surface area contributed by atoms with Gasteiger partial charge < -0.3 is 4.90 Å². The van der Waals surface area contributed by atoms with E-state index in [-0.39, 0.29) is 0 Å². The number of carbonyl (C=O) groups is 1. The van der Waals surface area contributed by atoms with Crippen molar-refractivity contribution >= 4 is 5.91 Å². The average Bonchev–Trinajstić information content (AvgIpc) is 2.27. The molecule has 0 atom stereocenters. The van der Waals surface area contributed by atoms with Crippen molar-refractivity contribution in [3.63, 3.8) is 0 Å². The van der Waals surface area contributed by atoms with E-state index in [4.69, 9.17) is 0 Å². The Balaban J connectivity index is 2.15. The van der Waals surface area contributed by atoms with Crippen LogP contribution in [0, 0.1) is 0 Å². The molecule has 15 heavy (non-hydrogen) atoms. The van der Waals surface area contributed by atoms with Crippen LogP contribution in [0.2, 0.25) is 0 Å². The lowest BCUT2D eigenvalue weighted by Crippen LogP contribution is -2.39. The fourth-order valence-corrected chi connectivity index (χ4v) is 1.82. The molecule has 0 aromatic heterocycles. The number of rotatable bonds is 1. The third-order valence-electron chi connectivity index (χ3n) is 2.63. The van der Waals surface area contributed by atoms with Crippen LogP contribution in [0.5, 0.6) is 0 Å². The van der Waals surface area contributed by atoms with Crippen molar-refractivity contribution in [3.8, 4) is 0 Å². The van der Waals surface area contributed by atoms with Gasteiger partial charge >= 0.3 is 6.43 Å². The molecule has 0 unspecified atom stereocenters. The second-order valence-corrected chi connectivity index (χ2v) is 3.58. The number of halogens is 2. The van der Waals surface area contributed by atoms with Gasteiger partial charge in [-0.2, -0.15) is 8.78 Å². The van der Waals surface area contributed by atoms with Gasteiger partial charge in [-0.25, -0.2) is 0 Å². The molecule has 0 saturated carbocycles. The molecule has 1 amide bonds. The Bertz CT molecular complexity index is 379. The zero-order chi connectivity index (χ0) is 10.8. The SMILES string of the molecule is O=C(C(F)F)N1CCc2ccccc2C1. The Morgan fingerprint density at radius 2 is 1.93 bits per heavy atom. The summed E-state index contributed by atoms with van der Waals surface area (Å²) in [6.07, 6.45) is -2.23. The minimum atomic E-state index is -2.89. The first kappa shape index (κ1) is 10.1. The molecule has 2 rings (SSSR count). The number of alkyl halides is 2. The molecule has 0 bridgehead atoms. The predicted octanol–water partition coefficient (Wildman–Crippen LogP) is 1.84. The minimum Gasteiger partial charge on any atom is -0.333 e. The van der Waals surface area contributed by atoms with Crippen LogP contribution in [0.15, 0.2) is 24.3 Å². The van der Waals surface area contributed by atoms with Crippen molar-refractivity contribution in [1.82, 2.24) is 4.90 Å². The van der Waals surface area contributed by atoms with Gasteiger partial charge in [0, 0.05) is 13.1 Å². The van der Waals surface area contributed by atoms with Crippen LogP contribution in [0.4, 0.5) is 8.78 Å². The molecule has 1 aromatic rings. The molecule has 0 N–H and O–H groups in total. The van der Waals surface area contributed by atoms with Crippen molar-refractivity contribution in [2.24, 2.45) is 0 Å².